The highest BCUT2D eigenvalue weighted by Crippen LogP contribution is 2.24. The minimum absolute atomic E-state index is 0.247. The topological polar surface area (TPSA) is 65.0 Å². The van der Waals surface area contributed by atoms with Crippen LogP contribution in [0, 0.1) is 0 Å². The fourth-order valence-corrected chi connectivity index (χ4v) is 4.40. The predicted octanol–water partition coefficient (Wildman–Crippen LogP) is 1.01. The summed E-state index contributed by atoms with van der Waals surface area (Å²) in [6.45, 7) is 3.09. The number of hydrogen-bond acceptors (Lipinski definition) is 5. The van der Waals surface area contributed by atoms with Crippen molar-refractivity contribution in [3.05, 3.63) is 29.8 Å². The van der Waals surface area contributed by atoms with Gasteiger partial charge in [-0.15, -0.1) is 0 Å². The van der Waals surface area contributed by atoms with Crippen LogP contribution < -0.4 is 9.62 Å². The largest absolute Gasteiger partial charge is 0.352 e. The molecule has 1 fully saturated rings. The fourth-order valence-electron chi connectivity index (χ4n) is 2.84. The zero-order valence-electron chi connectivity index (χ0n) is 12.8. The highest BCUT2D eigenvalue weighted by atomic mass is 32.2. The molecule has 7 heteroatoms. The lowest BCUT2D eigenvalue weighted by atomic mass is 10.2. The SMILES string of the molecule is CN1CCCN=C1NCc1cccc(N2CCCS2(=O)=O)c1. The Bertz CT molecular complexity index is 672. The van der Waals surface area contributed by atoms with Crippen molar-refractivity contribution in [3.8, 4) is 0 Å². The molecular formula is C15H22N4O2S. The molecule has 0 radical (unpaired) electrons. The highest BCUT2D eigenvalue weighted by molar-refractivity contribution is 7.93. The standard InChI is InChI=1S/C15H22N4O2S/c1-18-8-3-7-16-15(18)17-12-13-5-2-6-14(11-13)19-9-4-10-22(19,20)21/h2,5-6,11H,3-4,7-10,12H2,1H3,(H,16,17). The maximum Gasteiger partial charge on any atom is 0.235 e. The average Bonchev–Trinajstić information content (AvgIpc) is 2.86. The van der Waals surface area contributed by atoms with Gasteiger partial charge in [-0.3, -0.25) is 9.30 Å². The molecule has 22 heavy (non-hydrogen) atoms. The highest BCUT2D eigenvalue weighted by Gasteiger charge is 2.28. The third kappa shape index (κ3) is 3.19. The molecule has 0 aromatic heterocycles. The Morgan fingerprint density at radius 1 is 1.27 bits per heavy atom. The zero-order chi connectivity index (χ0) is 15.6. The first-order chi connectivity index (χ1) is 10.6. The summed E-state index contributed by atoms with van der Waals surface area (Å²) in [6, 6.07) is 7.71. The van der Waals surface area contributed by atoms with Crippen LogP contribution in [0.3, 0.4) is 0 Å². The molecule has 2 aliphatic heterocycles. The van der Waals surface area contributed by atoms with Crippen LogP contribution in [0.2, 0.25) is 0 Å². The van der Waals surface area contributed by atoms with Gasteiger partial charge >= 0.3 is 0 Å². The third-order valence-electron chi connectivity index (χ3n) is 4.02. The molecule has 2 aliphatic rings. The second kappa shape index (κ2) is 6.16. The maximum atomic E-state index is 12.0. The van der Waals surface area contributed by atoms with E-state index in [4.69, 9.17) is 0 Å². The van der Waals surface area contributed by atoms with E-state index in [1.165, 1.54) is 4.31 Å². The molecule has 0 amide bonds. The van der Waals surface area contributed by atoms with Crippen molar-refractivity contribution in [1.29, 1.82) is 0 Å². The van der Waals surface area contributed by atoms with E-state index in [2.05, 4.69) is 15.2 Å². The lowest BCUT2D eigenvalue weighted by molar-refractivity contribution is 0.446. The van der Waals surface area contributed by atoms with Gasteiger partial charge in [0.2, 0.25) is 10.0 Å². The van der Waals surface area contributed by atoms with Crippen LogP contribution in [0.15, 0.2) is 29.3 Å². The molecule has 0 spiro atoms. The quantitative estimate of drug-likeness (QED) is 0.902. The van der Waals surface area contributed by atoms with Gasteiger partial charge in [0.15, 0.2) is 5.96 Å². The molecule has 1 aromatic rings. The van der Waals surface area contributed by atoms with Crippen LogP contribution in [-0.2, 0) is 16.6 Å². The Hall–Kier alpha value is -1.76. The lowest BCUT2D eigenvalue weighted by Crippen LogP contribution is -2.41. The second-order valence-corrected chi connectivity index (χ2v) is 7.76. The molecule has 120 valence electrons. The van der Waals surface area contributed by atoms with E-state index in [0.717, 1.165) is 36.7 Å². The van der Waals surface area contributed by atoms with Crippen LogP contribution in [0.4, 0.5) is 5.69 Å². The number of benzene rings is 1. The van der Waals surface area contributed by atoms with Gasteiger partial charge in [-0.05, 0) is 30.5 Å². The van der Waals surface area contributed by atoms with Crippen LogP contribution in [-0.4, -0.2) is 51.7 Å². The number of rotatable bonds is 3. The molecule has 0 saturated carbocycles. The van der Waals surface area contributed by atoms with Crippen molar-refractivity contribution in [2.75, 3.05) is 36.7 Å². The van der Waals surface area contributed by atoms with E-state index >= 15 is 0 Å². The van der Waals surface area contributed by atoms with E-state index < -0.39 is 10.0 Å². The molecular weight excluding hydrogens is 300 g/mol. The normalized spacial score (nSPS) is 20.9. The van der Waals surface area contributed by atoms with Gasteiger partial charge in [-0.1, -0.05) is 12.1 Å². The zero-order valence-corrected chi connectivity index (χ0v) is 13.6. The molecule has 0 aliphatic carbocycles. The van der Waals surface area contributed by atoms with Gasteiger partial charge in [-0.2, -0.15) is 0 Å². The minimum atomic E-state index is -3.12. The Balaban J connectivity index is 1.71. The van der Waals surface area contributed by atoms with E-state index in [-0.39, 0.29) is 5.75 Å². The number of nitrogens with one attached hydrogen (secondary N) is 1. The summed E-state index contributed by atoms with van der Waals surface area (Å²) in [5.74, 6) is 1.15. The molecule has 0 atom stereocenters. The fraction of sp³-hybridized carbons (Fsp3) is 0.533. The molecule has 3 rings (SSSR count). The summed E-state index contributed by atoms with van der Waals surface area (Å²) in [5.41, 5.74) is 1.82. The molecule has 1 aromatic carbocycles. The van der Waals surface area contributed by atoms with Gasteiger partial charge in [0.25, 0.3) is 0 Å². The Morgan fingerprint density at radius 3 is 2.86 bits per heavy atom. The van der Waals surface area contributed by atoms with E-state index in [9.17, 15) is 8.42 Å². The van der Waals surface area contributed by atoms with Crippen LogP contribution in [0.1, 0.15) is 18.4 Å². The number of guanidine groups is 1. The molecule has 6 nitrogen and oxygen atoms in total. The first-order valence-electron chi connectivity index (χ1n) is 7.65. The minimum Gasteiger partial charge on any atom is -0.352 e. The summed E-state index contributed by atoms with van der Waals surface area (Å²) in [7, 11) is -1.09. The Labute approximate surface area is 131 Å². The number of aliphatic imine (C=N–C) groups is 1. The van der Waals surface area contributed by atoms with E-state index in [1.54, 1.807) is 0 Å². The monoisotopic (exact) mass is 322 g/mol. The number of nitrogens with zero attached hydrogens (tertiary/aromatic N) is 3. The van der Waals surface area contributed by atoms with Crippen molar-refractivity contribution in [2.24, 2.45) is 4.99 Å². The summed E-state index contributed by atoms with van der Waals surface area (Å²) in [4.78, 5) is 6.58. The summed E-state index contributed by atoms with van der Waals surface area (Å²) in [6.07, 6.45) is 1.79. The van der Waals surface area contributed by atoms with Crippen LogP contribution >= 0.6 is 0 Å². The number of sulfonamides is 1. The van der Waals surface area contributed by atoms with Gasteiger partial charge in [-0.25, -0.2) is 8.42 Å². The van der Waals surface area contributed by atoms with Crippen LogP contribution in [0.25, 0.3) is 0 Å². The third-order valence-corrected chi connectivity index (χ3v) is 5.89. The number of hydrogen-bond donors (Lipinski definition) is 1. The van der Waals surface area contributed by atoms with Crippen molar-refractivity contribution >= 4 is 21.7 Å². The Kier molecular flexibility index (Phi) is 4.24. The van der Waals surface area contributed by atoms with E-state index in [0.29, 0.717) is 19.5 Å². The average molecular weight is 322 g/mol. The van der Waals surface area contributed by atoms with Crippen molar-refractivity contribution in [2.45, 2.75) is 19.4 Å². The van der Waals surface area contributed by atoms with Gasteiger partial charge in [0.1, 0.15) is 0 Å². The first kappa shape index (κ1) is 15.1. The van der Waals surface area contributed by atoms with Gasteiger partial charge in [0.05, 0.1) is 11.4 Å². The summed E-state index contributed by atoms with van der Waals surface area (Å²) >= 11 is 0. The van der Waals surface area contributed by atoms with Crippen LogP contribution in [0.5, 0.6) is 0 Å². The van der Waals surface area contributed by atoms with Crippen molar-refractivity contribution in [1.82, 2.24) is 10.2 Å². The van der Waals surface area contributed by atoms with Gasteiger partial charge < -0.3 is 10.2 Å². The second-order valence-electron chi connectivity index (χ2n) is 5.75. The molecule has 1 saturated heterocycles. The Morgan fingerprint density at radius 2 is 2.14 bits per heavy atom. The number of anilines is 1. The molecule has 2 heterocycles. The summed E-state index contributed by atoms with van der Waals surface area (Å²) in [5, 5.41) is 3.33. The molecule has 1 N–H and O–H groups in total. The molecule has 0 bridgehead atoms. The predicted molar refractivity (Wildman–Crippen MR) is 88.6 cm³/mol. The van der Waals surface area contributed by atoms with E-state index in [1.807, 2.05) is 31.3 Å². The van der Waals surface area contributed by atoms with Crippen molar-refractivity contribution < 1.29 is 8.42 Å². The smallest absolute Gasteiger partial charge is 0.235 e. The summed E-state index contributed by atoms with van der Waals surface area (Å²) < 4.78 is 25.5. The van der Waals surface area contributed by atoms with Gasteiger partial charge in [0, 0.05) is 33.2 Å². The van der Waals surface area contributed by atoms with Crippen molar-refractivity contribution in [3.63, 3.8) is 0 Å². The first-order valence-corrected chi connectivity index (χ1v) is 9.26. The lowest BCUT2D eigenvalue weighted by Gasteiger charge is -2.26. The maximum absolute atomic E-state index is 12.0. The molecule has 0 unspecified atom stereocenters.